The predicted octanol–water partition coefficient (Wildman–Crippen LogP) is 5.73. The second-order valence-corrected chi connectivity index (χ2v) is 12.7. The number of sulfone groups is 1. The summed E-state index contributed by atoms with van der Waals surface area (Å²) in [5, 5.41) is 10.8. The van der Waals surface area contributed by atoms with Crippen molar-refractivity contribution in [1.29, 1.82) is 0 Å². The number of hydrogen-bond donors (Lipinski definition) is 1. The topological polar surface area (TPSA) is 76.4 Å². The Labute approximate surface area is 194 Å². The molecule has 2 atom stereocenters. The monoisotopic (exact) mass is 463 g/mol. The van der Waals surface area contributed by atoms with Crippen molar-refractivity contribution in [2.75, 3.05) is 5.75 Å². The van der Waals surface area contributed by atoms with Gasteiger partial charge in [0.25, 0.3) is 0 Å². The summed E-state index contributed by atoms with van der Waals surface area (Å²) in [6.45, 7) is 2.13. The average Bonchev–Trinajstić information content (AvgIpc) is 3.51. The second kappa shape index (κ2) is 7.20. The third-order valence-electron chi connectivity index (χ3n) is 8.41. The number of benzene rings is 2. The van der Waals surface area contributed by atoms with Crippen LogP contribution in [0.5, 0.6) is 0 Å². The van der Waals surface area contributed by atoms with E-state index in [0.29, 0.717) is 18.9 Å². The number of carboxylic acids is 1. The van der Waals surface area contributed by atoms with Gasteiger partial charge < -0.3 is 9.67 Å². The number of aromatic carboxylic acids is 1. The first kappa shape index (κ1) is 21.0. The molecule has 5 nitrogen and oxygen atoms in total. The average molecular weight is 464 g/mol. The molecule has 2 aromatic carbocycles. The first-order valence-electron chi connectivity index (χ1n) is 12.1. The second-order valence-electron chi connectivity index (χ2n) is 10.0. The van der Waals surface area contributed by atoms with Crippen molar-refractivity contribution in [2.45, 2.75) is 68.6 Å². The van der Waals surface area contributed by atoms with E-state index in [1.807, 2.05) is 18.2 Å². The van der Waals surface area contributed by atoms with Gasteiger partial charge in [0.2, 0.25) is 0 Å². The van der Waals surface area contributed by atoms with Crippen LogP contribution in [0.15, 0.2) is 42.5 Å². The van der Waals surface area contributed by atoms with Crippen LogP contribution in [0, 0.1) is 0 Å². The van der Waals surface area contributed by atoms with Gasteiger partial charge in [-0.05, 0) is 48.4 Å². The van der Waals surface area contributed by atoms with E-state index >= 15 is 0 Å². The van der Waals surface area contributed by atoms with Crippen LogP contribution < -0.4 is 0 Å². The van der Waals surface area contributed by atoms with E-state index in [4.69, 9.17) is 0 Å². The molecular formula is C27H29NO4S. The lowest BCUT2D eigenvalue weighted by Gasteiger charge is -2.24. The smallest absolute Gasteiger partial charge is 0.335 e. The van der Waals surface area contributed by atoms with E-state index in [2.05, 4.69) is 16.7 Å². The largest absolute Gasteiger partial charge is 0.478 e. The van der Waals surface area contributed by atoms with Crippen molar-refractivity contribution in [2.24, 2.45) is 0 Å². The molecule has 2 heterocycles. The summed E-state index contributed by atoms with van der Waals surface area (Å²) >= 11 is 0. The SMILES string of the molecule is CCS(=O)(=O)C12C[C@H]1c1ccccc1-c1c(C3CCCCC3)c3ccc(C(=O)O)cc3n1C2. The van der Waals surface area contributed by atoms with Gasteiger partial charge in [0.15, 0.2) is 9.84 Å². The van der Waals surface area contributed by atoms with Crippen molar-refractivity contribution in [1.82, 2.24) is 4.57 Å². The molecule has 3 aromatic rings. The molecule has 6 rings (SSSR count). The molecule has 6 heteroatoms. The highest BCUT2D eigenvalue weighted by atomic mass is 32.2. The Morgan fingerprint density at radius 3 is 2.61 bits per heavy atom. The molecule has 0 radical (unpaired) electrons. The first-order valence-corrected chi connectivity index (χ1v) is 13.7. The fourth-order valence-electron chi connectivity index (χ4n) is 6.64. The van der Waals surface area contributed by atoms with E-state index in [1.54, 1.807) is 19.1 Å². The summed E-state index contributed by atoms with van der Waals surface area (Å²) in [5.74, 6) is -0.429. The Kier molecular flexibility index (Phi) is 4.57. The Balaban J connectivity index is 1.71. The molecule has 1 unspecified atom stereocenters. The van der Waals surface area contributed by atoms with Gasteiger partial charge in [-0.1, -0.05) is 56.5 Å². The molecule has 0 saturated heterocycles. The molecule has 1 aliphatic heterocycles. The van der Waals surface area contributed by atoms with E-state index in [-0.39, 0.29) is 17.2 Å². The zero-order valence-electron chi connectivity index (χ0n) is 18.9. The highest BCUT2D eigenvalue weighted by Crippen LogP contribution is 2.63. The number of carboxylic acid groups (broad SMARTS) is 1. The number of rotatable bonds is 4. The molecule has 172 valence electrons. The van der Waals surface area contributed by atoms with Gasteiger partial charge in [-0.25, -0.2) is 13.2 Å². The van der Waals surface area contributed by atoms with Crippen molar-refractivity contribution in [3.63, 3.8) is 0 Å². The number of hydrogen-bond acceptors (Lipinski definition) is 3. The third kappa shape index (κ3) is 2.89. The molecule has 0 amide bonds. The quantitative estimate of drug-likeness (QED) is 0.536. The Bertz CT molecular complexity index is 1400. The van der Waals surface area contributed by atoms with Gasteiger partial charge in [0, 0.05) is 34.7 Å². The molecule has 2 aliphatic carbocycles. The van der Waals surface area contributed by atoms with Crippen LogP contribution in [-0.4, -0.2) is 34.6 Å². The Morgan fingerprint density at radius 1 is 1.12 bits per heavy atom. The summed E-state index contributed by atoms with van der Waals surface area (Å²) < 4.78 is 28.2. The van der Waals surface area contributed by atoms with Crippen molar-refractivity contribution in [3.05, 3.63) is 59.2 Å². The maximum atomic E-state index is 13.4. The van der Waals surface area contributed by atoms with Crippen molar-refractivity contribution < 1.29 is 18.3 Å². The summed E-state index contributed by atoms with van der Waals surface area (Å²) in [6.07, 6.45) is 6.53. The number of aromatic nitrogens is 1. The molecule has 33 heavy (non-hydrogen) atoms. The molecule has 1 N–H and O–H groups in total. The minimum Gasteiger partial charge on any atom is -0.478 e. The number of fused-ring (bicyclic) bond motifs is 7. The maximum Gasteiger partial charge on any atom is 0.335 e. The predicted molar refractivity (Wildman–Crippen MR) is 130 cm³/mol. The third-order valence-corrected chi connectivity index (χ3v) is 11.0. The van der Waals surface area contributed by atoms with E-state index in [1.165, 1.54) is 24.8 Å². The Hall–Kier alpha value is -2.60. The van der Waals surface area contributed by atoms with Gasteiger partial charge in [-0.2, -0.15) is 0 Å². The molecule has 2 fully saturated rings. The van der Waals surface area contributed by atoms with Crippen molar-refractivity contribution >= 4 is 26.7 Å². The minimum absolute atomic E-state index is 0.00420. The van der Waals surface area contributed by atoms with Gasteiger partial charge >= 0.3 is 5.97 Å². The normalized spacial score (nSPS) is 24.6. The van der Waals surface area contributed by atoms with Crippen LogP contribution in [0.25, 0.3) is 22.2 Å². The van der Waals surface area contributed by atoms with Crippen LogP contribution in [0.1, 0.15) is 78.8 Å². The molecule has 0 spiro atoms. The molecule has 2 saturated carbocycles. The van der Waals surface area contributed by atoms with Crippen LogP contribution in [0.2, 0.25) is 0 Å². The lowest BCUT2D eigenvalue weighted by Crippen LogP contribution is -2.31. The standard InChI is InChI=1S/C27H29NO4S/c1-2-33(31,32)27-15-22(27)19-10-6-7-11-20(19)25-24(17-8-4-3-5-9-17)21-13-12-18(26(29)30)14-23(21)28(25)16-27/h6-7,10-14,17,22H,2-5,8-9,15-16H2,1H3,(H,29,30)/t22-,27?/m0/s1. The molecular weight excluding hydrogens is 434 g/mol. The zero-order chi connectivity index (χ0) is 23.0. The van der Waals surface area contributed by atoms with Crippen LogP contribution in [-0.2, 0) is 16.4 Å². The number of carbonyl (C=O) groups is 1. The lowest BCUT2D eigenvalue weighted by atomic mass is 9.81. The van der Waals surface area contributed by atoms with Gasteiger partial charge in [-0.3, -0.25) is 0 Å². The lowest BCUT2D eigenvalue weighted by molar-refractivity contribution is 0.0697. The summed E-state index contributed by atoms with van der Waals surface area (Å²) in [5.41, 5.74) is 5.77. The fraction of sp³-hybridized carbons (Fsp3) is 0.444. The van der Waals surface area contributed by atoms with E-state index in [0.717, 1.165) is 40.6 Å². The van der Waals surface area contributed by atoms with E-state index in [9.17, 15) is 18.3 Å². The van der Waals surface area contributed by atoms with Crippen LogP contribution >= 0.6 is 0 Å². The number of nitrogens with zero attached hydrogens (tertiary/aromatic N) is 1. The molecule has 1 aromatic heterocycles. The van der Waals surface area contributed by atoms with Gasteiger partial charge in [-0.15, -0.1) is 0 Å². The Morgan fingerprint density at radius 2 is 1.88 bits per heavy atom. The molecule has 3 aliphatic rings. The molecule has 0 bridgehead atoms. The van der Waals surface area contributed by atoms with Gasteiger partial charge in [0.1, 0.15) is 0 Å². The fourth-order valence-corrected chi connectivity index (χ4v) is 8.52. The highest BCUT2D eigenvalue weighted by molar-refractivity contribution is 7.93. The maximum absolute atomic E-state index is 13.4. The van der Waals surface area contributed by atoms with E-state index < -0.39 is 20.6 Å². The van der Waals surface area contributed by atoms with Gasteiger partial charge in [0.05, 0.1) is 16.0 Å². The minimum atomic E-state index is -3.30. The van der Waals surface area contributed by atoms with Crippen LogP contribution in [0.4, 0.5) is 0 Å². The zero-order valence-corrected chi connectivity index (χ0v) is 19.7. The highest BCUT2D eigenvalue weighted by Gasteiger charge is 2.65. The first-order chi connectivity index (χ1) is 15.9. The summed E-state index contributed by atoms with van der Waals surface area (Å²) in [7, 11) is -3.30. The van der Waals surface area contributed by atoms with Crippen LogP contribution in [0.3, 0.4) is 0 Å². The summed E-state index contributed by atoms with van der Waals surface area (Å²) in [6, 6.07) is 13.7. The summed E-state index contributed by atoms with van der Waals surface area (Å²) in [4.78, 5) is 11.8. The van der Waals surface area contributed by atoms with Crippen molar-refractivity contribution in [3.8, 4) is 11.3 Å².